The van der Waals surface area contributed by atoms with Crippen molar-refractivity contribution in [3.05, 3.63) is 69.3 Å². The lowest BCUT2D eigenvalue weighted by Crippen LogP contribution is -2.04. The topological polar surface area (TPSA) is 59.5 Å². The van der Waals surface area contributed by atoms with Crippen LogP contribution in [0.3, 0.4) is 0 Å². The summed E-state index contributed by atoms with van der Waals surface area (Å²) in [6.07, 6.45) is 6.42. The molecule has 0 spiro atoms. The van der Waals surface area contributed by atoms with Crippen LogP contribution in [0.25, 0.3) is 27.9 Å². The number of nitrogens with zero attached hydrogens (tertiary/aromatic N) is 3. The van der Waals surface area contributed by atoms with E-state index in [1.165, 1.54) is 17.0 Å². The monoisotopic (exact) mass is 475 g/mol. The molecule has 0 saturated heterocycles. The van der Waals surface area contributed by atoms with E-state index < -0.39 is 0 Å². The van der Waals surface area contributed by atoms with E-state index in [1.54, 1.807) is 25.6 Å². The molecule has 1 aliphatic rings. The van der Waals surface area contributed by atoms with Crippen LogP contribution in [-0.2, 0) is 12.8 Å². The van der Waals surface area contributed by atoms with E-state index >= 15 is 0 Å². The van der Waals surface area contributed by atoms with Gasteiger partial charge < -0.3 is 9.47 Å². The molecule has 166 valence electrons. The van der Waals surface area contributed by atoms with Gasteiger partial charge in [-0.15, -0.1) is 11.3 Å². The molecule has 7 heteroatoms. The highest BCUT2D eigenvalue weighted by atomic mass is 35.5. The minimum absolute atomic E-state index is 0.531. The van der Waals surface area contributed by atoms with E-state index in [9.17, 15) is 5.26 Å². The van der Waals surface area contributed by atoms with Gasteiger partial charge in [-0.25, -0.2) is 4.98 Å². The lowest BCUT2D eigenvalue weighted by molar-refractivity contribution is 0.355. The molecular formula is C26H22ClN3O2S. The number of aromatic nitrogens is 2. The van der Waals surface area contributed by atoms with Crippen LogP contribution in [0, 0.1) is 11.3 Å². The van der Waals surface area contributed by atoms with Crippen LogP contribution in [0.15, 0.2) is 42.5 Å². The van der Waals surface area contributed by atoms with Crippen LogP contribution < -0.4 is 9.47 Å². The van der Waals surface area contributed by atoms with E-state index in [0.717, 1.165) is 46.7 Å². The summed E-state index contributed by atoms with van der Waals surface area (Å²) in [7, 11) is 3.19. The third-order valence-corrected chi connectivity index (χ3v) is 7.36. The summed E-state index contributed by atoms with van der Waals surface area (Å²) in [6.45, 7) is 0. The van der Waals surface area contributed by atoms with E-state index in [1.807, 2.05) is 48.5 Å². The van der Waals surface area contributed by atoms with Crippen LogP contribution in [0.5, 0.6) is 11.5 Å². The predicted octanol–water partition coefficient (Wildman–Crippen LogP) is 6.68. The van der Waals surface area contributed by atoms with Crippen molar-refractivity contribution in [3.63, 3.8) is 0 Å². The van der Waals surface area contributed by atoms with Gasteiger partial charge in [0, 0.05) is 21.2 Å². The predicted molar refractivity (Wildman–Crippen MR) is 133 cm³/mol. The normalized spacial score (nSPS) is 13.6. The van der Waals surface area contributed by atoms with Crippen LogP contribution in [0.2, 0.25) is 5.02 Å². The van der Waals surface area contributed by atoms with E-state index in [2.05, 4.69) is 10.5 Å². The van der Waals surface area contributed by atoms with Crippen LogP contribution in [-0.4, -0.2) is 23.6 Å². The molecule has 0 amide bonds. The van der Waals surface area contributed by atoms with Crippen LogP contribution in [0.1, 0.15) is 34.7 Å². The molecule has 0 bridgehead atoms. The summed E-state index contributed by atoms with van der Waals surface area (Å²) in [5.41, 5.74) is 5.33. The maximum atomic E-state index is 10.1. The van der Waals surface area contributed by atoms with Gasteiger partial charge in [-0.2, -0.15) is 5.26 Å². The number of halogens is 1. The molecule has 5 rings (SSSR count). The number of thiazole rings is 1. The van der Waals surface area contributed by atoms with Crippen molar-refractivity contribution in [2.45, 2.75) is 25.7 Å². The van der Waals surface area contributed by atoms with Crippen molar-refractivity contribution >= 4 is 39.5 Å². The second-order valence-electron chi connectivity index (χ2n) is 7.89. The van der Waals surface area contributed by atoms with Gasteiger partial charge in [0.1, 0.15) is 0 Å². The van der Waals surface area contributed by atoms with Gasteiger partial charge in [0.2, 0.25) is 0 Å². The largest absolute Gasteiger partial charge is 0.493 e. The number of ether oxygens (including phenoxy) is 2. The molecule has 33 heavy (non-hydrogen) atoms. The second-order valence-corrected chi connectivity index (χ2v) is 9.39. The van der Waals surface area contributed by atoms with E-state index in [-0.39, 0.29) is 0 Å². The Morgan fingerprint density at radius 3 is 2.58 bits per heavy atom. The van der Waals surface area contributed by atoms with Gasteiger partial charge in [-0.1, -0.05) is 23.7 Å². The maximum absolute atomic E-state index is 10.1. The van der Waals surface area contributed by atoms with Gasteiger partial charge in [-0.3, -0.25) is 4.40 Å². The van der Waals surface area contributed by atoms with E-state index in [4.69, 9.17) is 26.1 Å². The average Bonchev–Trinajstić information content (AvgIpc) is 3.38. The smallest absolute Gasteiger partial charge is 0.195 e. The average molecular weight is 476 g/mol. The van der Waals surface area contributed by atoms with Gasteiger partial charge >= 0.3 is 0 Å². The number of hydrogen-bond acceptors (Lipinski definition) is 5. The fraction of sp³-hybridized carbons (Fsp3) is 0.231. The lowest BCUT2D eigenvalue weighted by atomic mass is 10.0. The summed E-state index contributed by atoms with van der Waals surface area (Å²) >= 11 is 7.88. The number of rotatable bonds is 5. The number of allylic oxidation sites excluding steroid dienone is 1. The first-order valence-corrected chi connectivity index (χ1v) is 12.0. The first kappa shape index (κ1) is 21.6. The molecule has 1 aliphatic carbocycles. The quantitative estimate of drug-likeness (QED) is 0.302. The minimum Gasteiger partial charge on any atom is -0.493 e. The summed E-state index contributed by atoms with van der Waals surface area (Å²) < 4.78 is 13.0. The number of benzene rings is 2. The third-order valence-electron chi connectivity index (χ3n) is 5.97. The zero-order chi connectivity index (χ0) is 22.9. The summed E-state index contributed by atoms with van der Waals surface area (Å²) in [5, 5.41) is 10.8. The Morgan fingerprint density at radius 2 is 1.85 bits per heavy atom. The molecule has 0 aliphatic heterocycles. The van der Waals surface area contributed by atoms with Crippen molar-refractivity contribution < 1.29 is 9.47 Å². The molecule has 0 atom stereocenters. The van der Waals surface area contributed by atoms with Crippen LogP contribution in [0.4, 0.5) is 0 Å². The molecule has 0 saturated carbocycles. The Balaban J connectivity index is 1.73. The number of nitriles is 1. The third kappa shape index (κ3) is 3.88. The highest BCUT2D eigenvalue weighted by Crippen LogP contribution is 2.37. The summed E-state index contributed by atoms with van der Waals surface area (Å²) in [4.78, 5) is 7.35. The molecule has 0 N–H and O–H groups in total. The number of methoxy groups -OCH3 is 2. The van der Waals surface area contributed by atoms with E-state index in [0.29, 0.717) is 22.1 Å². The number of imidazole rings is 1. The SMILES string of the molecule is COc1ccc(/C(C#N)=C/c2c(-c3ccc(Cl)cc3)nc3sc4c(n23)CCCC4)cc1OC. The Bertz CT molecular complexity index is 1410. The maximum Gasteiger partial charge on any atom is 0.195 e. The van der Waals surface area contributed by atoms with Crippen molar-refractivity contribution in [3.8, 4) is 28.8 Å². The molecule has 2 aromatic heterocycles. The van der Waals surface area contributed by atoms with Gasteiger partial charge in [-0.05, 0) is 67.7 Å². The number of aryl methyl sites for hydroxylation is 2. The molecule has 0 radical (unpaired) electrons. The van der Waals surface area contributed by atoms with Gasteiger partial charge in [0.25, 0.3) is 0 Å². The molecule has 0 fully saturated rings. The standard InChI is InChI=1S/C26H22ClN3O2S/c1-31-22-12-9-17(14-23(22)32-2)18(15-28)13-21-25(16-7-10-19(27)11-8-16)29-26-30(21)20-5-3-4-6-24(20)33-26/h7-14H,3-6H2,1-2H3/b18-13+. The van der Waals surface area contributed by atoms with Gasteiger partial charge in [0.15, 0.2) is 16.5 Å². The second kappa shape index (κ2) is 8.93. The zero-order valence-corrected chi connectivity index (χ0v) is 20.0. The lowest BCUT2D eigenvalue weighted by Gasteiger charge is -2.12. The molecule has 2 aromatic carbocycles. The minimum atomic E-state index is 0.531. The molecule has 0 unspecified atom stereocenters. The highest BCUT2D eigenvalue weighted by molar-refractivity contribution is 7.17. The molecular weight excluding hydrogens is 454 g/mol. The first-order chi connectivity index (χ1) is 16.1. The molecule has 4 aromatic rings. The molecule has 2 heterocycles. The van der Waals surface area contributed by atoms with Crippen LogP contribution >= 0.6 is 22.9 Å². The molecule has 5 nitrogen and oxygen atoms in total. The van der Waals surface area contributed by atoms with Crippen molar-refractivity contribution in [2.75, 3.05) is 14.2 Å². The summed E-state index contributed by atoms with van der Waals surface area (Å²) in [6, 6.07) is 15.6. The Morgan fingerprint density at radius 1 is 1.09 bits per heavy atom. The van der Waals surface area contributed by atoms with Crippen molar-refractivity contribution in [1.82, 2.24) is 9.38 Å². The fourth-order valence-electron chi connectivity index (χ4n) is 4.33. The zero-order valence-electron chi connectivity index (χ0n) is 18.4. The Hall–Kier alpha value is -3.27. The Labute approximate surface area is 201 Å². The highest BCUT2D eigenvalue weighted by Gasteiger charge is 2.23. The number of hydrogen-bond donors (Lipinski definition) is 0. The summed E-state index contributed by atoms with van der Waals surface area (Å²) in [5.74, 6) is 1.21. The fourth-order valence-corrected chi connectivity index (χ4v) is 5.67. The van der Waals surface area contributed by atoms with Crippen molar-refractivity contribution in [1.29, 1.82) is 5.26 Å². The van der Waals surface area contributed by atoms with Gasteiger partial charge in [0.05, 0.1) is 37.2 Å². The van der Waals surface area contributed by atoms with Crippen molar-refractivity contribution in [2.24, 2.45) is 0 Å². The first-order valence-electron chi connectivity index (χ1n) is 10.8. The number of fused-ring (bicyclic) bond motifs is 3. The Kier molecular flexibility index (Phi) is 5.84.